The van der Waals surface area contributed by atoms with Gasteiger partial charge in [-0.25, -0.2) is 8.42 Å². The highest BCUT2D eigenvalue weighted by Crippen LogP contribution is 2.27. The van der Waals surface area contributed by atoms with Gasteiger partial charge in [-0.3, -0.25) is 0 Å². The van der Waals surface area contributed by atoms with Gasteiger partial charge in [0.1, 0.15) is 6.79 Å². The van der Waals surface area contributed by atoms with Crippen LogP contribution in [0.1, 0.15) is 20.3 Å². The first-order valence-corrected chi connectivity index (χ1v) is 11.2. The molecule has 1 atom stereocenters. The third-order valence-corrected chi connectivity index (χ3v) is 7.19. The predicted octanol–water partition coefficient (Wildman–Crippen LogP) is 2.62. The monoisotopic (exact) mass is 413 g/mol. The summed E-state index contributed by atoms with van der Waals surface area (Å²) in [5.41, 5.74) is 0.574. The quantitative estimate of drug-likeness (QED) is 0.610. The van der Waals surface area contributed by atoms with Crippen molar-refractivity contribution in [3.63, 3.8) is 0 Å². The molecule has 1 aliphatic heterocycles. The molecular weight excluding hydrogens is 390 g/mol. The van der Waals surface area contributed by atoms with E-state index >= 15 is 0 Å². The normalized spacial score (nSPS) is 18.1. The van der Waals surface area contributed by atoms with Gasteiger partial charge < -0.3 is 13.9 Å². The van der Waals surface area contributed by atoms with E-state index in [-0.39, 0.29) is 11.0 Å². The number of hydrogen-bond acceptors (Lipinski definition) is 8. The van der Waals surface area contributed by atoms with E-state index in [4.69, 9.17) is 13.9 Å². The highest BCUT2D eigenvalue weighted by Gasteiger charge is 2.23. The molecule has 0 saturated carbocycles. The van der Waals surface area contributed by atoms with E-state index in [1.807, 2.05) is 13.8 Å². The summed E-state index contributed by atoms with van der Waals surface area (Å²) in [7, 11) is -3.54. The largest absolute Gasteiger partial charge is 0.411 e. The third-order valence-electron chi connectivity index (χ3n) is 4.19. The average Bonchev–Trinajstić information content (AvgIpc) is 3.17. The van der Waals surface area contributed by atoms with Crippen LogP contribution in [-0.4, -0.2) is 61.3 Å². The van der Waals surface area contributed by atoms with E-state index in [0.717, 1.165) is 6.42 Å². The standard InChI is InChI=1S/C17H23N3O5S2/c1-3-20(4-2)27(21,22)15-7-5-6-13(10-15)16-18-19-17(25-16)26-11-14-8-9-23-12-24-14/h5-7,10,14H,3-4,8-9,11-12H2,1-2H3/t14-/m0/s1. The molecule has 1 saturated heterocycles. The minimum atomic E-state index is -3.54. The number of hydrogen-bond donors (Lipinski definition) is 0. The summed E-state index contributed by atoms with van der Waals surface area (Å²) in [6.07, 6.45) is 0.931. The molecule has 3 rings (SSSR count). The summed E-state index contributed by atoms with van der Waals surface area (Å²) < 4.78 is 43.1. The summed E-state index contributed by atoms with van der Waals surface area (Å²) >= 11 is 1.42. The molecule has 2 aromatic rings. The molecule has 148 valence electrons. The van der Waals surface area contributed by atoms with E-state index < -0.39 is 10.0 Å². The van der Waals surface area contributed by atoms with Gasteiger partial charge in [0.25, 0.3) is 5.22 Å². The summed E-state index contributed by atoms with van der Waals surface area (Å²) in [5, 5.41) is 8.51. The number of sulfonamides is 1. The van der Waals surface area contributed by atoms with Crippen LogP contribution in [0, 0.1) is 0 Å². The molecule has 0 aliphatic carbocycles. The zero-order valence-electron chi connectivity index (χ0n) is 15.3. The fourth-order valence-electron chi connectivity index (χ4n) is 2.68. The molecule has 1 aliphatic rings. The molecule has 1 aromatic carbocycles. The highest BCUT2D eigenvalue weighted by atomic mass is 32.2. The van der Waals surface area contributed by atoms with Gasteiger partial charge in [0.05, 0.1) is 17.6 Å². The van der Waals surface area contributed by atoms with Crippen molar-refractivity contribution in [2.24, 2.45) is 0 Å². The molecule has 1 fully saturated rings. The SMILES string of the molecule is CCN(CC)S(=O)(=O)c1cccc(-c2nnc(SC[C@@H]3CCOCO3)o2)c1. The fourth-order valence-corrected chi connectivity index (χ4v) is 5.02. The Bertz CT molecular complexity index is 846. The topological polar surface area (TPSA) is 94.8 Å². The molecule has 0 N–H and O–H groups in total. The van der Waals surface area contributed by atoms with Crippen LogP contribution in [-0.2, 0) is 19.5 Å². The van der Waals surface area contributed by atoms with Gasteiger partial charge in [-0.2, -0.15) is 4.31 Å². The first-order valence-electron chi connectivity index (χ1n) is 8.80. The summed E-state index contributed by atoms with van der Waals surface area (Å²) in [6.45, 7) is 5.46. The second kappa shape index (κ2) is 9.16. The molecule has 2 heterocycles. The van der Waals surface area contributed by atoms with Crippen LogP contribution in [0.25, 0.3) is 11.5 Å². The van der Waals surface area contributed by atoms with Crippen LogP contribution >= 0.6 is 11.8 Å². The number of rotatable bonds is 8. The lowest BCUT2D eigenvalue weighted by Crippen LogP contribution is -2.30. The third kappa shape index (κ3) is 4.88. The Morgan fingerprint density at radius 3 is 2.78 bits per heavy atom. The molecule has 1 aromatic heterocycles. The Morgan fingerprint density at radius 1 is 1.26 bits per heavy atom. The Balaban J connectivity index is 1.73. The smallest absolute Gasteiger partial charge is 0.276 e. The molecule has 27 heavy (non-hydrogen) atoms. The zero-order chi connectivity index (χ0) is 19.3. The predicted molar refractivity (Wildman–Crippen MR) is 101 cm³/mol. The lowest BCUT2D eigenvalue weighted by Gasteiger charge is -2.21. The van der Waals surface area contributed by atoms with Crippen LogP contribution in [0.3, 0.4) is 0 Å². The van der Waals surface area contributed by atoms with Gasteiger partial charge in [0, 0.05) is 24.4 Å². The molecule has 0 radical (unpaired) electrons. The number of nitrogens with zero attached hydrogens (tertiary/aromatic N) is 3. The van der Waals surface area contributed by atoms with Crippen molar-refractivity contribution in [1.29, 1.82) is 0 Å². The van der Waals surface area contributed by atoms with Gasteiger partial charge in [0.15, 0.2) is 0 Å². The van der Waals surface area contributed by atoms with E-state index in [9.17, 15) is 8.42 Å². The minimum absolute atomic E-state index is 0.0987. The van der Waals surface area contributed by atoms with Crippen molar-refractivity contribution in [2.45, 2.75) is 36.5 Å². The van der Waals surface area contributed by atoms with Gasteiger partial charge in [-0.05, 0) is 24.6 Å². The van der Waals surface area contributed by atoms with Crippen LogP contribution in [0.5, 0.6) is 0 Å². The Labute approximate surface area is 163 Å². The number of thioether (sulfide) groups is 1. The highest BCUT2D eigenvalue weighted by molar-refractivity contribution is 7.99. The Morgan fingerprint density at radius 2 is 2.07 bits per heavy atom. The second-order valence-corrected chi connectivity index (χ2v) is 8.81. The van der Waals surface area contributed by atoms with Crippen molar-refractivity contribution in [3.8, 4) is 11.5 Å². The Kier molecular flexibility index (Phi) is 6.88. The van der Waals surface area contributed by atoms with Crippen LogP contribution in [0.15, 0.2) is 38.8 Å². The van der Waals surface area contributed by atoms with Crippen LogP contribution < -0.4 is 0 Å². The lowest BCUT2D eigenvalue weighted by molar-refractivity contribution is -0.130. The first-order chi connectivity index (χ1) is 13.0. The van der Waals surface area contributed by atoms with E-state index in [1.54, 1.807) is 24.3 Å². The van der Waals surface area contributed by atoms with Crippen molar-refractivity contribution < 1.29 is 22.3 Å². The lowest BCUT2D eigenvalue weighted by atomic mass is 10.2. The fraction of sp³-hybridized carbons (Fsp3) is 0.529. The van der Waals surface area contributed by atoms with Gasteiger partial charge in [0.2, 0.25) is 15.9 Å². The maximum atomic E-state index is 12.7. The van der Waals surface area contributed by atoms with E-state index in [2.05, 4.69) is 10.2 Å². The maximum Gasteiger partial charge on any atom is 0.276 e. The number of benzene rings is 1. The van der Waals surface area contributed by atoms with Crippen molar-refractivity contribution in [2.75, 3.05) is 32.2 Å². The first kappa shape index (κ1) is 20.3. The molecular formula is C17H23N3O5S2. The molecule has 0 spiro atoms. The maximum absolute atomic E-state index is 12.7. The number of aromatic nitrogens is 2. The summed E-state index contributed by atoms with van der Waals surface area (Å²) in [6, 6.07) is 6.58. The van der Waals surface area contributed by atoms with Crippen molar-refractivity contribution in [3.05, 3.63) is 24.3 Å². The second-order valence-electron chi connectivity index (χ2n) is 5.90. The van der Waals surface area contributed by atoms with E-state index in [0.29, 0.717) is 48.9 Å². The molecule has 8 nitrogen and oxygen atoms in total. The van der Waals surface area contributed by atoms with Crippen molar-refractivity contribution >= 4 is 21.8 Å². The summed E-state index contributed by atoms with van der Waals surface area (Å²) in [4.78, 5) is 0.215. The van der Waals surface area contributed by atoms with Gasteiger partial charge in [-0.15, -0.1) is 10.2 Å². The van der Waals surface area contributed by atoms with E-state index in [1.165, 1.54) is 16.1 Å². The zero-order valence-corrected chi connectivity index (χ0v) is 17.0. The van der Waals surface area contributed by atoms with Crippen LogP contribution in [0.2, 0.25) is 0 Å². The van der Waals surface area contributed by atoms with Gasteiger partial charge >= 0.3 is 0 Å². The van der Waals surface area contributed by atoms with Crippen LogP contribution in [0.4, 0.5) is 0 Å². The molecule has 0 amide bonds. The number of ether oxygens (including phenoxy) is 2. The molecule has 0 bridgehead atoms. The Hall–Kier alpha value is -1.46. The van der Waals surface area contributed by atoms with Gasteiger partial charge in [-0.1, -0.05) is 31.7 Å². The molecule has 0 unspecified atom stereocenters. The van der Waals surface area contributed by atoms with Crippen molar-refractivity contribution in [1.82, 2.24) is 14.5 Å². The minimum Gasteiger partial charge on any atom is -0.411 e. The summed E-state index contributed by atoms with van der Waals surface area (Å²) in [5.74, 6) is 0.989. The molecule has 10 heteroatoms. The average molecular weight is 414 g/mol.